The summed E-state index contributed by atoms with van der Waals surface area (Å²) in [5, 5.41) is 22.7. The third-order valence-electron chi connectivity index (χ3n) is 9.20. The quantitative estimate of drug-likeness (QED) is 0.0472. The highest BCUT2D eigenvalue weighted by Crippen LogP contribution is 2.62. The average Bonchev–Trinajstić information content (AvgIpc) is 0.873. The summed E-state index contributed by atoms with van der Waals surface area (Å²) in [6.07, 6.45) is -14.6. The Hall–Kier alpha value is -4.24. The lowest BCUT2D eigenvalue weighted by atomic mass is 10.3. The van der Waals surface area contributed by atoms with Crippen LogP contribution >= 0.6 is 194 Å². The van der Waals surface area contributed by atoms with E-state index in [4.69, 9.17) is 132 Å². The Bertz CT molecular complexity index is 3570. The summed E-state index contributed by atoms with van der Waals surface area (Å²) < 4.78 is 133. The first kappa shape index (κ1) is 85.8. The van der Waals surface area contributed by atoms with Gasteiger partial charge in [-0.3, -0.25) is 4.57 Å². The van der Waals surface area contributed by atoms with Crippen molar-refractivity contribution in [3.8, 4) is 74.7 Å². The number of hydrogen-bond donors (Lipinski definition) is 3. The molecule has 0 aromatic heterocycles. The first-order valence-corrected chi connectivity index (χ1v) is 45.6. The smallest absolute Gasteiger partial charge is 0.508 e. The van der Waals surface area contributed by atoms with Gasteiger partial charge in [-0.15, -0.1) is 24.8 Å². The summed E-state index contributed by atoms with van der Waals surface area (Å²) in [6.45, 7) is 0. The number of aromatic hydroxyl groups is 3. The van der Waals surface area contributed by atoms with E-state index in [-0.39, 0.29) is 70.8 Å². The summed E-state index contributed by atoms with van der Waals surface area (Å²) in [5.41, 5.74) is 0. The van der Waals surface area contributed by atoms with Gasteiger partial charge in [0.2, 0.25) is 0 Å². The van der Waals surface area contributed by atoms with Gasteiger partial charge in [0.05, 0.1) is 0 Å². The second kappa shape index (κ2) is 41.9. The molecule has 0 aliphatic heterocycles. The van der Waals surface area contributed by atoms with E-state index in [2.05, 4.69) is 51.8 Å². The standard InChI is InChI=1S/C30H24O8P2.2C6H4Cl4O4P2.C6H6O2.C6H6O.Cl3OP.2ClH/c31-39(33-25-13-5-1-6-14-25,34-26-15-7-2-8-16-26)37-29-21-23-30(24-22-29)38-40(32,35-27-17-9-3-10-18-27)36-28-19-11-4-12-20-28;2*7-15(8,11)13-5-1-2-6(4-3-5)14-16(9,10)12;7-5-1-2-6(8)4-3-5;7-6-4-2-1-3-5-6;1-5(2,3)4;;/h1-24H;2*1-4H;1-4,7-8H;1-5,7H;;2*1H. The summed E-state index contributed by atoms with van der Waals surface area (Å²) in [7, 11) is -8.36. The predicted octanol–water partition coefficient (Wildman–Crippen LogP) is 26.4. The van der Waals surface area contributed by atoms with Crippen molar-refractivity contribution in [2.24, 2.45) is 0 Å². The van der Waals surface area contributed by atoms with Crippen LogP contribution in [0.2, 0.25) is 0 Å². The van der Waals surface area contributed by atoms with Gasteiger partial charge >= 0.3 is 45.1 Å². The molecule has 0 heterocycles. The minimum Gasteiger partial charge on any atom is -0.508 e. The molecule has 0 aliphatic carbocycles. The van der Waals surface area contributed by atoms with E-state index in [0.29, 0.717) is 28.7 Å². The fraction of sp³-hybridized carbons (Fsp3) is 0. The van der Waals surface area contributed by atoms with Crippen molar-refractivity contribution in [3.05, 3.63) is 249 Å². The summed E-state index contributed by atoms with van der Waals surface area (Å²) in [5.74, 6) is 2.86. The van der Waals surface area contributed by atoms with Gasteiger partial charge in [-0.05, 0) is 191 Å². The number of phenolic OH excluding ortho intramolecular Hbond substituents is 3. The van der Waals surface area contributed by atoms with Gasteiger partial charge in [-0.1, -0.05) is 91.0 Å². The number of phosphoric ester groups is 2. The average molecular weight is 1690 g/mol. The third-order valence-corrected chi connectivity index (χ3v) is 15.2. The topological polar surface area (TPSA) is 272 Å². The van der Waals surface area contributed by atoms with Crippen LogP contribution < -0.4 is 45.2 Å². The molecule has 0 unspecified atom stereocenters. The van der Waals surface area contributed by atoms with Crippen molar-refractivity contribution in [3.63, 3.8) is 0 Å². The van der Waals surface area contributed by atoms with Crippen molar-refractivity contribution in [1.29, 1.82) is 0 Å². The highest BCUT2D eigenvalue weighted by atomic mass is 36.0. The first-order chi connectivity index (χ1) is 43.0. The van der Waals surface area contributed by atoms with Gasteiger partial charge in [-0.25, -0.2) is 18.3 Å². The molecule has 0 amide bonds. The van der Waals surface area contributed by atoms with E-state index in [1.807, 2.05) is 6.07 Å². The minimum atomic E-state index is -4.18. The lowest BCUT2D eigenvalue weighted by Gasteiger charge is -2.20. The molecule has 0 saturated carbocycles. The summed E-state index contributed by atoms with van der Waals surface area (Å²) >= 11 is 55.4. The number of rotatable bonds is 20. The Kier molecular flexibility index (Phi) is 38.2. The zero-order chi connectivity index (χ0) is 68.1. The van der Waals surface area contributed by atoms with Crippen LogP contribution in [0.4, 0.5) is 0 Å². The molecular formula is C54H46Cl13O20P7. The molecule has 40 heteroatoms. The number of phenols is 3. The maximum absolute atomic E-state index is 13.7. The fourth-order valence-corrected chi connectivity index (χ4v) is 11.8. The molecule has 0 saturated heterocycles. The number of hydrogen-bond acceptors (Lipinski definition) is 20. The largest absolute Gasteiger partial charge is 0.647 e. The molecular weight excluding hydrogens is 1650 g/mol. The molecule has 0 radical (unpaired) electrons. The second-order valence-corrected chi connectivity index (χ2v) is 42.7. The molecule has 0 bridgehead atoms. The number of para-hydroxylation sites is 5. The Morgan fingerprint density at radius 2 is 0.330 bits per heavy atom. The van der Waals surface area contributed by atoms with Crippen molar-refractivity contribution in [2.75, 3.05) is 0 Å². The Labute approximate surface area is 604 Å². The molecule has 20 nitrogen and oxygen atoms in total. The normalized spacial score (nSPS) is 11.0. The Balaban J connectivity index is 0.000000457. The van der Waals surface area contributed by atoms with E-state index >= 15 is 0 Å². The Morgan fingerprint density at radius 3 is 0.468 bits per heavy atom. The highest BCUT2D eigenvalue weighted by molar-refractivity contribution is 8.24. The number of phosphoric acid groups is 2. The molecule has 3 N–H and O–H groups in total. The summed E-state index contributed by atoms with van der Waals surface area (Å²) in [4.78, 5) is 0. The van der Waals surface area contributed by atoms with Crippen LogP contribution in [0.1, 0.15) is 0 Å². The van der Waals surface area contributed by atoms with Gasteiger partial charge in [0.25, 0.3) is 0 Å². The maximum Gasteiger partial charge on any atom is 0.647 e. The van der Waals surface area contributed by atoms with Gasteiger partial charge in [0.15, 0.2) is 0 Å². The summed E-state index contributed by atoms with van der Waals surface area (Å²) in [6, 6.07) is 65.4. The number of halogens is 13. The lowest BCUT2D eigenvalue weighted by Crippen LogP contribution is -2.08. The monoisotopic (exact) mass is 1690 g/mol. The van der Waals surface area contributed by atoms with Crippen molar-refractivity contribution >= 4 is 194 Å². The van der Waals surface area contributed by atoms with Crippen LogP contribution in [0.25, 0.3) is 0 Å². The van der Waals surface area contributed by atoms with Crippen molar-refractivity contribution in [1.82, 2.24) is 0 Å². The van der Waals surface area contributed by atoms with Crippen LogP contribution in [-0.2, 0) is 32.0 Å². The molecule has 0 fully saturated rings. The van der Waals surface area contributed by atoms with Crippen LogP contribution in [0, 0.1) is 0 Å². The molecule has 9 rings (SSSR count). The van der Waals surface area contributed by atoms with Gasteiger partial charge in [-0.2, -0.15) is 9.13 Å². The van der Waals surface area contributed by atoms with E-state index in [9.17, 15) is 32.0 Å². The highest BCUT2D eigenvalue weighted by Gasteiger charge is 2.35. The lowest BCUT2D eigenvalue weighted by molar-refractivity contribution is 0.294. The van der Waals surface area contributed by atoms with Crippen molar-refractivity contribution in [2.45, 2.75) is 0 Å². The van der Waals surface area contributed by atoms with Gasteiger partial charge in [0.1, 0.15) is 74.7 Å². The minimum absolute atomic E-state index is 0. The molecule has 0 aliphatic rings. The van der Waals surface area contributed by atoms with Crippen LogP contribution in [0.15, 0.2) is 249 Å². The Morgan fingerprint density at radius 1 is 0.202 bits per heavy atom. The SMILES string of the molecule is Cl.Cl.O=P(Cl)(Cl)Cl.O=P(Cl)(Cl)Oc1ccc(OP(=O)(Cl)Cl)cc1.O=P(Cl)(Cl)Oc1ccc(OP(=O)(Cl)Cl)cc1.O=P(Oc1ccccc1)(Oc1ccccc1)Oc1ccc(OP(=O)(Oc2ccccc2)Oc2ccccc2)cc1.Oc1ccc(O)cc1.Oc1ccccc1. The van der Waals surface area contributed by atoms with Crippen molar-refractivity contribution < 1.29 is 92.5 Å². The molecule has 508 valence electrons. The van der Waals surface area contributed by atoms with Gasteiger partial charge < -0.3 is 60.6 Å². The van der Waals surface area contributed by atoms with Crippen LogP contribution in [0.5, 0.6) is 74.7 Å². The molecule has 9 aromatic rings. The zero-order valence-corrected chi connectivity index (χ0v) is 62.8. The second-order valence-electron chi connectivity index (χ2n) is 16.4. The predicted molar refractivity (Wildman–Crippen MR) is 381 cm³/mol. The van der Waals surface area contributed by atoms with E-state index in [0.717, 1.165) is 0 Å². The molecule has 9 aromatic carbocycles. The number of benzene rings is 9. The van der Waals surface area contributed by atoms with E-state index in [1.54, 1.807) is 146 Å². The van der Waals surface area contributed by atoms with Crippen LogP contribution in [-0.4, -0.2) is 15.3 Å². The van der Waals surface area contributed by atoms with Gasteiger partial charge in [0, 0.05) is 89.9 Å². The molecule has 94 heavy (non-hydrogen) atoms. The fourth-order valence-electron chi connectivity index (χ4n) is 5.87. The van der Waals surface area contributed by atoms with Crippen LogP contribution in [0.3, 0.4) is 0 Å². The molecule has 0 atom stereocenters. The first-order valence-electron chi connectivity index (χ1n) is 24.5. The van der Waals surface area contributed by atoms with E-state index < -0.39 is 45.1 Å². The van der Waals surface area contributed by atoms with E-state index in [1.165, 1.54) is 97.1 Å². The third kappa shape index (κ3) is 41.8. The maximum atomic E-state index is 13.7. The zero-order valence-electron chi connectivity index (χ0n) is 46.6. The molecule has 0 spiro atoms.